The molecule has 1 aromatic carbocycles. The van der Waals surface area contributed by atoms with Crippen molar-refractivity contribution in [2.75, 3.05) is 6.54 Å². The minimum atomic E-state index is -1.17. The van der Waals surface area contributed by atoms with Gasteiger partial charge in [0.05, 0.1) is 12.6 Å². The van der Waals surface area contributed by atoms with Crippen LogP contribution >= 0.6 is 0 Å². The van der Waals surface area contributed by atoms with Crippen LogP contribution in [0.5, 0.6) is 0 Å². The van der Waals surface area contributed by atoms with Gasteiger partial charge in [0.15, 0.2) is 0 Å². The first kappa shape index (κ1) is 26.1. The zero-order chi connectivity index (χ0) is 23.6. The van der Waals surface area contributed by atoms with E-state index in [0.717, 1.165) is 5.56 Å². The van der Waals surface area contributed by atoms with Gasteiger partial charge in [-0.05, 0) is 23.8 Å². The Kier molecular flexibility index (Phi) is 10.7. The number of carbonyl (C=O) groups is 4. The van der Waals surface area contributed by atoms with Gasteiger partial charge in [0.2, 0.25) is 17.7 Å². The quantitative estimate of drug-likeness (QED) is 0.322. The number of carbonyl (C=O) groups excluding carboxylic acids is 3. The largest absolute Gasteiger partial charge is 0.480 e. The molecule has 0 aliphatic rings. The second-order valence-corrected chi connectivity index (χ2v) is 8.33. The lowest BCUT2D eigenvalue weighted by Gasteiger charge is -2.24. The lowest BCUT2D eigenvalue weighted by molar-refractivity contribution is -0.141. The molecule has 3 unspecified atom stereocenters. The Morgan fingerprint density at radius 2 is 1.58 bits per heavy atom. The van der Waals surface area contributed by atoms with Crippen molar-refractivity contribution >= 4 is 23.7 Å². The van der Waals surface area contributed by atoms with Crippen LogP contribution in [0.15, 0.2) is 30.3 Å². The molecule has 0 spiro atoms. The maximum Gasteiger partial charge on any atom is 0.326 e. The van der Waals surface area contributed by atoms with Gasteiger partial charge in [-0.2, -0.15) is 0 Å². The van der Waals surface area contributed by atoms with E-state index in [0.29, 0.717) is 6.42 Å². The summed E-state index contributed by atoms with van der Waals surface area (Å²) >= 11 is 0. The average molecular weight is 435 g/mol. The van der Waals surface area contributed by atoms with E-state index in [9.17, 15) is 24.3 Å². The molecule has 0 aromatic heterocycles. The molecule has 1 rings (SSSR count). The molecule has 3 atom stereocenters. The van der Waals surface area contributed by atoms with Crippen molar-refractivity contribution in [3.8, 4) is 0 Å². The highest BCUT2D eigenvalue weighted by Crippen LogP contribution is 2.06. The first-order valence-electron chi connectivity index (χ1n) is 10.4. The normalized spacial score (nSPS) is 13.9. The summed E-state index contributed by atoms with van der Waals surface area (Å²) in [6, 6.07) is 6.19. The lowest BCUT2D eigenvalue weighted by atomic mass is 10.0. The number of carboxylic acid groups (broad SMARTS) is 1. The molecule has 0 aliphatic heterocycles. The van der Waals surface area contributed by atoms with E-state index in [2.05, 4.69) is 16.0 Å². The van der Waals surface area contributed by atoms with Crippen LogP contribution in [-0.4, -0.2) is 53.5 Å². The third kappa shape index (κ3) is 9.61. The number of hydrogen-bond donors (Lipinski definition) is 5. The van der Waals surface area contributed by atoms with Crippen LogP contribution in [-0.2, 0) is 25.6 Å². The standard InChI is InChI=1S/C22H34N4O5/c1-13(2)10-16(23)20(28)26-19(14(3)4)21(29)24-12-18(27)25-17(22(30)31)11-15-8-6-5-7-9-15/h5-9,13-14,16-17,19H,10-12,23H2,1-4H3,(H,24,29)(H,25,27)(H,26,28)(H,30,31). The fourth-order valence-electron chi connectivity index (χ4n) is 2.98. The Balaban J connectivity index is 2.62. The summed E-state index contributed by atoms with van der Waals surface area (Å²) in [6.45, 7) is 7.01. The van der Waals surface area contributed by atoms with E-state index < -0.39 is 48.4 Å². The van der Waals surface area contributed by atoms with Crippen molar-refractivity contribution in [3.05, 3.63) is 35.9 Å². The van der Waals surface area contributed by atoms with Gasteiger partial charge in [-0.15, -0.1) is 0 Å². The second kappa shape index (κ2) is 12.7. The zero-order valence-corrected chi connectivity index (χ0v) is 18.6. The summed E-state index contributed by atoms with van der Waals surface area (Å²) in [4.78, 5) is 48.5. The van der Waals surface area contributed by atoms with Gasteiger partial charge in [0.25, 0.3) is 0 Å². The lowest BCUT2D eigenvalue weighted by Crippen LogP contribution is -2.55. The highest BCUT2D eigenvalue weighted by Gasteiger charge is 2.27. The fourth-order valence-corrected chi connectivity index (χ4v) is 2.98. The number of nitrogens with one attached hydrogen (secondary N) is 3. The molecule has 0 fully saturated rings. The number of carboxylic acids is 1. The molecule has 0 radical (unpaired) electrons. The number of rotatable bonds is 12. The van der Waals surface area contributed by atoms with Gasteiger partial charge in [-0.1, -0.05) is 58.0 Å². The maximum absolute atomic E-state index is 12.5. The maximum atomic E-state index is 12.5. The number of nitrogens with two attached hydrogens (primary N) is 1. The van der Waals surface area contributed by atoms with E-state index >= 15 is 0 Å². The smallest absolute Gasteiger partial charge is 0.326 e. The van der Waals surface area contributed by atoms with Crippen molar-refractivity contribution in [1.82, 2.24) is 16.0 Å². The van der Waals surface area contributed by atoms with E-state index in [1.165, 1.54) is 0 Å². The fraction of sp³-hybridized carbons (Fsp3) is 0.545. The third-order valence-electron chi connectivity index (χ3n) is 4.65. The molecule has 172 valence electrons. The van der Waals surface area contributed by atoms with Crippen LogP contribution in [0, 0.1) is 11.8 Å². The molecule has 3 amide bonds. The summed E-state index contributed by atoms with van der Waals surface area (Å²) in [5, 5.41) is 16.9. The Hall–Kier alpha value is -2.94. The second-order valence-electron chi connectivity index (χ2n) is 8.33. The molecule has 6 N–H and O–H groups in total. The minimum Gasteiger partial charge on any atom is -0.480 e. The van der Waals surface area contributed by atoms with Gasteiger partial charge in [0.1, 0.15) is 12.1 Å². The van der Waals surface area contributed by atoms with Crippen molar-refractivity contribution in [1.29, 1.82) is 0 Å². The highest BCUT2D eigenvalue weighted by atomic mass is 16.4. The number of hydrogen-bond acceptors (Lipinski definition) is 5. The van der Waals surface area contributed by atoms with Crippen LogP contribution in [0.2, 0.25) is 0 Å². The third-order valence-corrected chi connectivity index (χ3v) is 4.65. The van der Waals surface area contributed by atoms with Crippen LogP contribution in [0.3, 0.4) is 0 Å². The summed E-state index contributed by atoms with van der Waals surface area (Å²) < 4.78 is 0. The predicted octanol–water partition coefficient (Wildman–Crippen LogP) is 0.429. The van der Waals surface area contributed by atoms with Gasteiger partial charge < -0.3 is 26.8 Å². The molecule has 1 aromatic rings. The molecule has 0 saturated carbocycles. The minimum absolute atomic E-state index is 0.119. The van der Waals surface area contributed by atoms with Gasteiger partial charge in [-0.25, -0.2) is 4.79 Å². The average Bonchev–Trinajstić information content (AvgIpc) is 2.69. The molecule has 0 bridgehead atoms. The van der Waals surface area contributed by atoms with E-state index in [1.54, 1.807) is 38.1 Å². The van der Waals surface area contributed by atoms with Crippen LogP contribution in [0.4, 0.5) is 0 Å². The molecule has 0 saturated heterocycles. The molecule has 31 heavy (non-hydrogen) atoms. The molecular weight excluding hydrogens is 400 g/mol. The van der Waals surface area contributed by atoms with Crippen molar-refractivity contribution in [3.63, 3.8) is 0 Å². The van der Waals surface area contributed by atoms with Gasteiger partial charge >= 0.3 is 5.97 Å². The molecule has 9 heteroatoms. The number of aliphatic carboxylic acids is 1. The Bertz CT molecular complexity index is 752. The van der Waals surface area contributed by atoms with E-state index in [1.807, 2.05) is 19.9 Å². The topological polar surface area (TPSA) is 151 Å². The SMILES string of the molecule is CC(C)CC(N)C(=O)NC(C(=O)NCC(=O)NC(Cc1ccccc1)C(=O)O)C(C)C. The van der Waals surface area contributed by atoms with E-state index in [-0.39, 0.29) is 18.3 Å². The predicted molar refractivity (Wildman–Crippen MR) is 117 cm³/mol. The van der Waals surface area contributed by atoms with Crippen LogP contribution in [0.25, 0.3) is 0 Å². The monoisotopic (exact) mass is 434 g/mol. The van der Waals surface area contributed by atoms with E-state index in [4.69, 9.17) is 5.73 Å². The number of benzene rings is 1. The van der Waals surface area contributed by atoms with Crippen LogP contribution in [0.1, 0.15) is 39.7 Å². The first-order valence-corrected chi connectivity index (χ1v) is 10.4. The Morgan fingerprint density at radius 1 is 0.968 bits per heavy atom. The molecule has 0 aliphatic carbocycles. The van der Waals surface area contributed by atoms with Crippen molar-refractivity contribution < 1.29 is 24.3 Å². The van der Waals surface area contributed by atoms with Gasteiger partial charge in [-0.3, -0.25) is 14.4 Å². The Labute approximate surface area is 183 Å². The first-order chi connectivity index (χ1) is 14.5. The number of amides is 3. The summed E-state index contributed by atoms with van der Waals surface area (Å²) in [7, 11) is 0. The summed E-state index contributed by atoms with van der Waals surface area (Å²) in [5.41, 5.74) is 6.64. The molecular formula is C22H34N4O5. The molecule has 9 nitrogen and oxygen atoms in total. The summed E-state index contributed by atoms with van der Waals surface area (Å²) in [5.74, 6) is -2.78. The highest BCUT2D eigenvalue weighted by molar-refractivity contribution is 5.92. The van der Waals surface area contributed by atoms with Crippen molar-refractivity contribution in [2.24, 2.45) is 17.6 Å². The Morgan fingerprint density at radius 3 is 2.10 bits per heavy atom. The summed E-state index contributed by atoms with van der Waals surface area (Å²) in [6.07, 6.45) is 0.604. The van der Waals surface area contributed by atoms with Gasteiger partial charge in [0, 0.05) is 6.42 Å². The zero-order valence-electron chi connectivity index (χ0n) is 18.6. The van der Waals surface area contributed by atoms with Crippen molar-refractivity contribution in [2.45, 2.75) is 58.7 Å². The molecule has 0 heterocycles. The van der Waals surface area contributed by atoms with Crippen LogP contribution < -0.4 is 21.7 Å².